The molecule has 0 aliphatic heterocycles. The summed E-state index contributed by atoms with van der Waals surface area (Å²) >= 11 is 0. The molecule has 1 aliphatic rings. The van der Waals surface area contributed by atoms with Gasteiger partial charge < -0.3 is 5.73 Å². The molecule has 0 fully saturated rings. The van der Waals surface area contributed by atoms with Gasteiger partial charge in [0.2, 0.25) is 0 Å². The van der Waals surface area contributed by atoms with E-state index in [-0.39, 0.29) is 6.04 Å². The van der Waals surface area contributed by atoms with E-state index in [1.807, 2.05) is 0 Å². The van der Waals surface area contributed by atoms with Crippen molar-refractivity contribution < 1.29 is 0 Å². The van der Waals surface area contributed by atoms with Crippen LogP contribution in [-0.4, -0.2) is 0 Å². The van der Waals surface area contributed by atoms with Crippen LogP contribution in [0.15, 0.2) is 18.2 Å². The minimum Gasteiger partial charge on any atom is -0.324 e. The monoisotopic (exact) mass is 161 g/mol. The van der Waals surface area contributed by atoms with Gasteiger partial charge in [-0.15, -0.1) is 0 Å². The molecule has 0 radical (unpaired) electrons. The third-order valence-corrected chi connectivity index (χ3v) is 2.66. The normalized spacial score (nSPS) is 22.0. The first-order chi connectivity index (χ1) is 5.77. The van der Waals surface area contributed by atoms with Crippen molar-refractivity contribution in [1.29, 1.82) is 0 Å². The van der Waals surface area contributed by atoms with Crippen molar-refractivity contribution in [2.75, 3.05) is 0 Å². The summed E-state index contributed by atoms with van der Waals surface area (Å²) in [4.78, 5) is 0. The van der Waals surface area contributed by atoms with Crippen LogP contribution < -0.4 is 5.73 Å². The number of hydrogen-bond acceptors (Lipinski definition) is 1. The molecule has 1 aromatic carbocycles. The van der Waals surface area contributed by atoms with E-state index in [0.29, 0.717) is 0 Å². The van der Waals surface area contributed by atoms with Gasteiger partial charge in [0.1, 0.15) is 0 Å². The Kier molecular flexibility index (Phi) is 1.89. The number of rotatable bonds is 0. The van der Waals surface area contributed by atoms with Gasteiger partial charge in [-0.3, -0.25) is 0 Å². The number of aryl methyl sites for hydroxylation is 2. The molecule has 0 amide bonds. The van der Waals surface area contributed by atoms with Crippen molar-refractivity contribution in [2.45, 2.75) is 32.2 Å². The van der Waals surface area contributed by atoms with Gasteiger partial charge in [-0.1, -0.05) is 23.8 Å². The van der Waals surface area contributed by atoms with Crippen LogP contribution in [0.5, 0.6) is 0 Å². The smallest absolute Gasteiger partial charge is 0.0297 e. The Morgan fingerprint density at radius 1 is 1.42 bits per heavy atom. The van der Waals surface area contributed by atoms with E-state index in [4.69, 9.17) is 5.73 Å². The van der Waals surface area contributed by atoms with E-state index in [9.17, 15) is 0 Å². The zero-order valence-electron chi connectivity index (χ0n) is 7.51. The summed E-state index contributed by atoms with van der Waals surface area (Å²) in [7, 11) is 0. The van der Waals surface area contributed by atoms with Crippen molar-refractivity contribution in [3.05, 3.63) is 34.9 Å². The van der Waals surface area contributed by atoms with Crippen LogP contribution >= 0.6 is 0 Å². The highest BCUT2D eigenvalue weighted by atomic mass is 14.6. The molecule has 0 heterocycles. The van der Waals surface area contributed by atoms with Crippen molar-refractivity contribution in [2.24, 2.45) is 5.73 Å². The average Bonchev–Trinajstić information content (AvgIpc) is 2.07. The quantitative estimate of drug-likeness (QED) is 0.621. The Balaban J connectivity index is 2.47. The Labute approximate surface area is 73.6 Å². The van der Waals surface area contributed by atoms with E-state index < -0.39 is 0 Å². The van der Waals surface area contributed by atoms with E-state index in [1.165, 1.54) is 29.5 Å². The van der Waals surface area contributed by atoms with Gasteiger partial charge in [-0.05, 0) is 37.3 Å². The maximum Gasteiger partial charge on any atom is 0.0297 e. The van der Waals surface area contributed by atoms with Crippen molar-refractivity contribution >= 4 is 0 Å². The Hall–Kier alpha value is -0.820. The molecule has 0 spiro atoms. The van der Waals surface area contributed by atoms with E-state index in [2.05, 4.69) is 25.1 Å². The number of nitrogens with two attached hydrogens (primary N) is 1. The van der Waals surface area contributed by atoms with Gasteiger partial charge >= 0.3 is 0 Å². The molecule has 1 heteroatoms. The van der Waals surface area contributed by atoms with E-state index in [1.54, 1.807) is 0 Å². The molecule has 64 valence electrons. The molecular formula is C11H15N. The lowest BCUT2D eigenvalue weighted by Crippen LogP contribution is -2.17. The van der Waals surface area contributed by atoms with Gasteiger partial charge in [-0.2, -0.15) is 0 Å². The zero-order chi connectivity index (χ0) is 8.55. The van der Waals surface area contributed by atoms with E-state index >= 15 is 0 Å². The summed E-state index contributed by atoms with van der Waals surface area (Å²) in [5.41, 5.74) is 10.2. The average molecular weight is 161 g/mol. The van der Waals surface area contributed by atoms with Crippen LogP contribution in [0.3, 0.4) is 0 Å². The highest BCUT2D eigenvalue weighted by Crippen LogP contribution is 2.28. The second-order valence-electron chi connectivity index (χ2n) is 3.70. The minimum absolute atomic E-state index is 0.286. The first-order valence-corrected chi connectivity index (χ1v) is 4.62. The first kappa shape index (κ1) is 7.81. The molecular weight excluding hydrogens is 146 g/mol. The van der Waals surface area contributed by atoms with Gasteiger partial charge in [-0.25, -0.2) is 0 Å². The molecule has 12 heavy (non-hydrogen) atoms. The fourth-order valence-corrected chi connectivity index (χ4v) is 1.96. The zero-order valence-corrected chi connectivity index (χ0v) is 7.51. The molecule has 1 aliphatic carbocycles. The minimum atomic E-state index is 0.286. The molecule has 0 unspecified atom stereocenters. The number of hydrogen-bond donors (Lipinski definition) is 1. The van der Waals surface area contributed by atoms with Gasteiger partial charge in [0.15, 0.2) is 0 Å². The molecule has 0 bridgehead atoms. The maximum absolute atomic E-state index is 6.02. The SMILES string of the molecule is Cc1ccc2c(c1)[C@@H](N)CCC2. The van der Waals surface area contributed by atoms with Gasteiger partial charge in [0, 0.05) is 6.04 Å². The molecule has 2 N–H and O–H groups in total. The fourth-order valence-electron chi connectivity index (χ4n) is 1.96. The molecule has 1 aromatic rings. The highest BCUT2D eigenvalue weighted by molar-refractivity contribution is 5.35. The number of fused-ring (bicyclic) bond motifs is 1. The Morgan fingerprint density at radius 2 is 2.25 bits per heavy atom. The number of benzene rings is 1. The fraction of sp³-hybridized carbons (Fsp3) is 0.455. The second kappa shape index (κ2) is 2.91. The predicted molar refractivity (Wildman–Crippen MR) is 51.0 cm³/mol. The summed E-state index contributed by atoms with van der Waals surface area (Å²) in [6.45, 7) is 2.13. The van der Waals surface area contributed by atoms with Crippen LogP contribution in [0.25, 0.3) is 0 Å². The van der Waals surface area contributed by atoms with E-state index in [0.717, 1.165) is 6.42 Å². The standard InChI is InChI=1S/C11H15N/c1-8-5-6-9-3-2-4-11(12)10(9)7-8/h5-7,11H,2-4,12H2,1H3/t11-/m0/s1. The summed E-state index contributed by atoms with van der Waals surface area (Å²) in [6.07, 6.45) is 3.61. The molecule has 0 saturated carbocycles. The van der Waals surface area contributed by atoms with Gasteiger partial charge in [0.05, 0.1) is 0 Å². The largest absolute Gasteiger partial charge is 0.324 e. The van der Waals surface area contributed by atoms with Crippen LogP contribution in [-0.2, 0) is 6.42 Å². The lowest BCUT2D eigenvalue weighted by molar-refractivity contribution is 0.570. The topological polar surface area (TPSA) is 26.0 Å². The van der Waals surface area contributed by atoms with Crippen LogP contribution in [0, 0.1) is 6.92 Å². The summed E-state index contributed by atoms with van der Waals surface area (Å²) in [5.74, 6) is 0. The van der Waals surface area contributed by atoms with Crippen LogP contribution in [0.1, 0.15) is 35.6 Å². The molecule has 0 aromatic heterocycles. The Bertz CT molecular complexity index is 291. The predicted octanol–water partition coefficient (Wildman–Crippen LogP) is 2.33. The van der Waals surface area contributed by atoms with Crippen molar-refractivity contribution in [1.82, 2.24) is 0 Å². The second-order valence-corrected chi connectivity index (χ2v) is 3.70. The third-order valence-electron chi connectivity index (χ3n) is 2.66. The Morgan fingerprint density at radius 3 is 3.08 bits per heavy atom. The van der Waals surface area contributed by atoms with Crippen molar-refractivity contribution in [3.8, 4) is 0 Å². The van der Waals surface area contributed by atoms with Crippen LogP contribution in [0.2, 0.25) is 0 Å². The molecule has 1 nitrogen and oxygen atoms in total. The molecule has 2 rings (SSSR count). The third kappa shape index (κ3) is 1.25. The van der Waals surface area contributed by atoms with Crippen LogP contribution in [0.4, 0.5) is 0 Å². The summed E-state index contributed by atoms with van der Waals surface area (Å²) in [6, 6.07) is 6.92. The first-order valence-electron chi connectivity index (χ1n) is 4.62. The van der Waals surface area contributed by atoms with Crippen molar-refractivity contribution in [3.63, 3.8) is 0 Å². The van der Waals surface area contributed by atoms with Gasteiger partial charge in [0.25, 0.3) is 0 Å². The highest BCUT2D eigenvalue weighted by Gasteiger charge is 2.15. The summed E-state index contributed by atoms with van der Waals surface area (Å²) < 4.78 is 0. The molecule has 1 atom stereocenters. The maximum atomic E-state index is 6.02. The molecule has 0 saturated heterocycles. The lowest BCUT2D eigenvalue weighted by atomic mass is 9.87. The lowest BCUT2D eigenvalue weighted by Gasteiger charge is -2.22. The summed E-state index contributed by atoms with van der Waals surface area (Å²) in [5, 5.41) is 0.